The average molecular weight is 359 g/mol. The van der Waals surface area contributed by atoms with Gasteiger partial charge in [-0.15, -0.1) is 0 Å². The molecule has 130 valence electrons. The van der Waals surface area contributed by atoms with Crippen LogP contribution in [0.4, 0.5) is 4.39 Å². The van der Waals surface area contributed by atoms with Gasteiger partial charge in [0.25, 0.3) is 0 Å². The smallest absolute Gasteiger partial charge is 0.195 e. The third-order valence-corrected chi connectivity index (χ3v) is 5.18. The topological polar surface area (TPSA) is 24.8 Å². The molecule has 0 saturated heterocycles. The molecular formula is C20H20ClFN2O. The molecule has 2 aliphatic heterocycles. The molecule has 0 N–H and O–H groups in total. The molecule has 0 fully saturated rings. The predicted octanol–water partition coefficient (Wildman–Crippen LogP) is 5.54. The Morgan fingerprint density at radius 1 is 1.28 bits per heavy atom. The lowest BCUT2D eigenvalue weighted by Crippen LogP contribution is -2.51. The summed E-state index contributed by atoms with van der Waals surface area (Å²) in [6.45, 7) is 4.22. The molecule has 0 aromatic heterocycles. The average Bonchev–Trinajstić information content (AvgIpc) is 3.03. The van der Waals surface area contributed by atoms with Crippen LogP contribution in [0.5, 0.6) is 5.75 Å². The monoisotopic (exact) mass is 358 g/mol. The second kappa shape index (κ2) is 6.03. The van der Waals surface area contributed by atoms with Gasteiger partial charge in [0, 0.05) is 23.4 Å². The summed E-state index contributed by atoms with van der Waals surface area (Å²) < 4.78 is 19.6. The maximum atomic E-state index is 13.2. The van der Waals surface area contributed by atoms with Crippen molar-refractivity contribution in [1.29, 1.82) is 0 Å². The maximum Gasteiger partial charge on any atom is 0.195 e. The van der Waals surface area contributed by atoms with Crippen LogP contribution in [-0.2, 0) is 0 Å². The highest BCUT2D eigenvalue weighted by atomic mass is 35.5. The molecule has 2 aromatic rings. The van der Waals surface area contributed by atoms with Crippen LogP contribution in [-0.4, -0.2) is 16.4 Å². The molecule has 3 nitrogen and oxygen atoms in total. The van der Waals surface area contributed by atoms with Crippen LogP contribution in [0.1, 0.15) is 50.3 Å². The number of hydrogen-bond acceptors (Lipinski definition) is 3. The summed E-state index contributed by atoms with van der Waals surface area (Å²) in [5.41, 5.74) is 2.45. The zero-order valence-electron chi connectivity index (χ0n) is 14.3. The molecule has 4 rings (SSSR count). The summed E-state index contributed by atoms with van der Waals surface area (Å²) in [7, 11) is 0. The van der Waals surface area contributed by atoms with Crippen LogP contribution in [0.2, 0.25) is 5.02 Å². The molecule has 0 saturated carbocycles. The Morgan fingerprint density at radius 2 is 2.04 bits per heavy atom. The molecule has 0 radical (unpaired) electrons. The fraction of sp³-hybridized carbons (Fsp3) is 0.350. The van der Waals surface area contributed by atoms with Gasteiger partial charge in [-0.05, 0) is 42.8 Å². The van der Waals surface area contributed by atoms with Crippen LogP contribution in [0, 0.1) is 5.82 Å². The van der Waals surface area contributed by atoms with Gasteiger partial charge in [0.05, 0.1) is 11.8 Å². The first kappa shape index (κ1) is 16.4. The summed E-state index contributed by atoms with van der Waals surface area (Å²) in [5.74, 6) is 0.633. The van der Waals surface area contributed by atoms with Gasteiger partial charge >= 0.3 is 0 Å². The highest BCUT2D eigenvalue weighted by Gasteiger charge is 2.47. The molecule has 0 aliphatic carbocycles. The molecule has 0 amide bonds. The number of halogens is 2. The van der Waals surface area contributed by atoms with E-state index in [-0.39, 0.29) is 11.9 Å². The SMILES string of the molecule is CCC[C@]1(C)Oc2ccc(Cl)cc2[C@H]2CC(c3ccc(F)cc3)=NN21. The van der Waals surface area contributed by atoms with Gasteiger partial charge in [0.1, 0.15) is 11.6 Å². The number of ether oxygens (including phenoxy) is 1. The Labute approximate surface area is 152 Å². The van der Waals surface area contributed by atoms with Gasteiger partial charge in [-0.1, -0.05) is 37.1 Å². The third-order valence-electron chi connectivity index (χ3n) is 4.95. The molecule has 0 unspecified atom stereocenters. The standard InChI is InChI=1S/C20H20ClFN2O/c1-3-10-20(2)24-18(16-11-14(21)6-9-19(16)25-20)12-17(23-24)13-4-7-15(22)8-5-13/h4-9,11,18H,3,10,12H2,1-2H3/t18-,20+/m1/s1. The number of hydrogen-bond donors (Lipinski definition) is 0. The molecule has 25 heavy (non-hydrogen) atoms. The molecule has 5 heteroatoms. The van der Waals surface area contributed by atoms with E-state index in [0.29, 0.717) is 5.02 Å². The van der Waals surface area contributed by atoms with Gasteiger partial charge in [-0.3, -0.25) is 0 Å². The quantitative estimate of drug-likeness (QED) is 0.719. The van der Waals surface area contributed by atoms with Crippen LogP contribution in [0.25, 0.3) is 0 Å². The first-order chi connectivity index (χ1) is 12.0. The van der Waals surface area contributed by atoms with E-state index < -0.39 is 5.72 Å². The zero-order chi connectivity index (χ0) is 17.6. The van der Waals surface area contributed by atoms with Gasteiger partial charge in [-0.25, -0.2) is 9.40 Å². The predicted molar refractivity (Wildman–Crippen MR) is 97.5 cm³/mol. The highest BCUT2D eigenvalue weighted by molar-refractivity contribution is 6.30. The van der Waals surface area contributed by atoms with E-state index in [9.17, 15) is 4.39 Å². The summed E-state index contributed by atoms with van der Waals surface area (Å²) in [6, 6.07) is 12.4. The second-order valence-electron chi connectivity index (χ2n) is 6.83. The van der Waals surface area contributed by atoms with E-state index in [1.54, 1.807) is 12.1 Å². The third kappa shape index (κ3) is 2.78. The minimum Gasteiger partial charge on any atom is -0.466 e. The lowest BCUT2D eigenvalue weighted by molar-refractivity contribution is -0.111. The van der Waals surface area contributed by atoms with Crippen LogP contribution in [0.15, 0.2) is 47.6 Å². The van der Waals surface area contributed by atoms with Crippen molar-refractivity contribution in [3.63, 3.8) is 0 Å². The van der Waals surface area contributed by atoms with E-state index in [2.05, 4.69) is 18.9 Å². The number of benzene rings is 2. The van der Waals surface area contributed by atoms with Crippen molar-refractivity contribution in [3.8, 4) is 5.75 Å². The van der Waals surface area contributed by atoms with E-state index in [0.717, 1.165) is 41.9 Å². The van der Waals surface area contributed by atoms with E-state index in [1.165, 1.54) is 12.1 Å². The molecule has 2 aromatic carbocycles. The van der Waals surface area contributed by atoms with Crippen molar-refractivity contribution in [2.75, 3.05) is 0 Å². The largest absolute Gasteiger partial charge is 0.466 e. The number of rotatable bonds is 3. The Morgan fingerprint density at radius 3 is 2.76 bits per heavy atom. The minimum atomic E-state index is -0.498. The Hall–Kier alpha value is -2.07. The van der Waals surface area contributed by atoms with Gasteiger partial charge in [-0.2, -0.15) is 5.10 Å². The number of hydrazone groups is 1. The van der Waals surface area contributed by atoms with Gasteiger partial charge in [0.15, 0.2) is 5.72 Å². The summed E-state index contributed by atoms with van der Waals surface area (Å²) in [6.07, 6.45) is 2.61. The minimum absolute atomic E-state index is 0.0825. The second-order valence-corrected chi connectivity index (χ2v) is 7.26. The summed E-state index contributed by atoms with van der Waals surface area (Å²) in [4.78, 5) is 0. The zero-order valence-corrected chi connectivity index (χ0v) is 15.1. The fourth-order valence-electron chi connectivity index (χ4n) is 3.79. The van der Waals surface area contributed by atoms with Crippen molar-refractivity contribution in [1.82, 2.24) is 5.01 Å². The Balaban J connectivity index is 1.78. The van der Waals surface area contributed by atoms with E-state index in [4.69, 9.17) is 21.4 Å². The Kier molecular flexibility index (Phi) is 3.95. The summed E-state index contributed by atoms with van der Waals surface area (Å²) >= 11 is 6.22. The van der Waals surface area contributed by atoms with Crippen molar-refractivity contribution in [2.24, 2.45) is 5.10 Å². The molecule has 0 bridgehead atoms. The maximum absolute atomic E-state index is 13.2. The first-order valence-corrected chi connectivity index (χ1v) is 8.99. The lowest BCUT2D eigenvalue weighted by atomic mass is 9.94. The van der Waals surface area contributed by atoms with Crippen LogP contribution >= 0.6 is 11.6 Å². The van der Waals surface area contributed by atoms with Crippen molar-refractivity contribution in [2.45, 2.75) is 44.9 Å². The Bertz CT molecular complexity index is 836. The normalized spacial score (nSPS) is 24.4. The van der Waals surface area contributed by atoms with Crippen molar-refractivity contribution in [3.05, 3.63) is 64.4 Å². The fourth-order valence-corrected chi connectivity index (χ4v) is 3.97. The molecule has 0 spiro atoms. The molecule has 2 aliphatic rings. The van der Waals surface area contributed by atoms with Crippen molar-refractivity contribution < 1.29 is 9.13 Å². The van der Waals surface area contributed by atoms with Crippen LogP contribution in [0.3, 0.4) is 0 Å². The highest BCUT2D eigenvalue weighted by Crippen LogP contribution is 2.48. The molecule has 2 atom stereocenters. The lowest BCUT2D eigenvalue weighted by Gasteiger charge is -2.45. The van der Waals surface area contributed by atoms with Crippen LogP contribution < -0.4 is 4.74 Å². The summed E-state index contributed by atoms with van der Waals surface area (Å²) in [5, 5.41) is 7.62. The van der Waals surface area contributed by atoms with Gasteiger partial charge < -0.3 is 4.74 Å². The molecular weight excluding hydrogens is 339 g/mol. The van der Waals surface area contributed by atoms with E-state index >= 15 is 0 Å². The van der Waals surface area contributed by atoms with Crippen molar-refractivity contribution >= 4 is 17.3 Å². The molecule has 2 heterocycles. The number of fused-ring (bicyclic) bond motifs is 3. The van der Waals surface area contributed by atoms with Gasteiger partial charge in [0.2, 0.25) is 0 Å². The van der Waals surface area contributed by atoms with E-state index in [1.807, 2.05) is 18.2 Å². The first-order valence-electron chi connectivity index (χ1n) is 8.61. The number of nitrogens with zero attached hydrogens (tertiary/aromatic N) is 2.